The van der Waals surface area contributed by atoms with Crippen LogP contribution in [0.5, 0.6) is 0 Å². The van der Waals surface area contributed by atoms with E-state index in [1.54, 1.807) is 6.20 Å². The van der Waals surface area contributed by atoms with Crippen LogP contribution in [0.2, 0.25) is 0 Å². The number of hydrogen-bond acceptors (Lipinski definition) is 3. The second kappa shape index (κ2) is 5.25. The van der Waals surface area contributed by atoms with Crippen LogP contribution in [0.25, 0.3) is 10.9 Å². The van der Waals surface area contributed by atoms with E-state index in [0.717, 1.165) is 16.5 Å². The van der Waals surface area contributed by atoms with Gasteiger partial charge in [0.2, 0.25) is 0 Å². The lowest BCUT2D eigenvalue weighted by Crippen LogP contribution is -2.11. The average molecular weight is 231 g/mol. The van der Waals surface area contributed by atoms with E-state index in [1.807, 2.05) is 44.2 Å². The standard InChI is InChI=1S/C14H17NO2/c1-10(2)17-9-14(16)12-6-5-11-4-3-7-15-13(11)8-12/h3-8,10,14,16H,9H2,1-2H3. The van der Waals surface area contributed by atoms with Crippen LogP contribution in [-0.2, 0) is 4.74 Å². The molecule has 0 saturated carbocycles. The van der Waals surface area contributed by atoms with E-state index in [1.165, 1.54) is 0 Å². The molecule has 1 N–H and O–H groups in total. The molecule has 1 aromatic carbocycles. The van der Waals surface area contributed by atoms with Gasteiger partial charge >= 0.3 is 0 Å². The highest BCUT2D eigenvalue weighted by molar-refractivity contribution is 5.78. The molecule has 0 bridgehead atoms. The van der Waals surface area contributed by atoms with E-state index in [9.17, 15) is 5.11 Å². The number of aliphatic hydroxyl groups excluding tert-OH is 1. The molecule has 1 aromatic heterocycles. The minimum atomic E-state index is -0.594. The predicted octanol–water partition coefficient (Wildman–Crippen LogP) is 2.69. The number of aromatic nitrogens is 1. The van der Waals surface area contributed by atoms with Gasteiger partial charge in [-0.1, -0.05) is 18.2 Å². The predicted molar refractivity (Wildman–Crippen MR) is 67.8 cm³/mol. The summed E-state index contributed by atoms with van der Waals surface area (Å²) < 4.78 is 5.40. The van der Waals surface area contributed by atoms with Crippen LogP contribution in [-0.4, -0.2) is 22.8 Å². The van der Waals surface area contributed by atoms with Crippen LogP contribution < -0.4 is 0 Å². The van der Waals surface area contributed by atoms with Crippen LogP contribution in [0.1, 0.15) is 25.5 Å². The molecule has 0 fully saturated rings. The van der Waals surface area contributed by atoms with Crippen molar-refractivity contribution in [1.82, 2.24) is 4.98 Å². The number of ether oxygens (including phenoxy) is 1. The molecule has 0 aliphatic rings. The van der Waals surface area contributed by atoms with Crippen LogP contribution in [0.15, 0.2) is 36.5 Å². The summed E-state index contributed by atoms with van der Waals surface area (Å²) >= 11 is 0. The van der Waals surface area contributed by atoms with Crippen molar-refractivity contribution in [2.75, 3.05) is 6.61 Å². The molecular weight excluding hydrogens is 214 g/mol. The molecule has 3 heteroatoms. The SMILES string of the molecule is CC(C)OCC(O)c1ccc2cccnc2c1. The fraction of sp³-hybridized carbons (Fsp3) is 0.357. The normalized spacial score (nSPS) is 13.2. The number of nitrogens with zero attached hydrogens (tertiary/aromatic N) is 1. The van der Waals surface area contributed by atoms with Gasteiger partial charge in [-0.2, -0.15) is 0 Å². The van der Waals surface area contributed by atoms with Crippen molar-refractivity contribution >= 4 is 10.9 Å². The van der Waals surface area contributed by atoms with Crippen LogP contribution >= 0.6 is 0 Å². The first-order valence-electron chi connectivity index (χ1n) is 5.81. The molecular formula is C14H17NO2. The molecule has 0 radical (unpaired) electrons. The van der Waals surface area contributed by atoms with Gasteiger partial charge in [0.25, 0.3) is 0 Å². The Hall–Kier alpha value is -1.45. The first-order chi connectivity index (χ1) is 8.16. The molecule has 2 rings (SSSR count). The molecule has 1 atom stereocenters. The molecule has 0 amide bonds. The average Bonchev–Trinajstić information content (AvgIpc) is 2.35. The van der Waals surface area contributed by atoms with Crippen LogP contribution in [0, 0.1) is 0 Å². The Labute approximate surface area is 101 Å². The fourth-order valence-corrected chi connectivity index (χ4v) is 1.67. The van der Waals surface area contributed by atoms with Gasteiger partial charge in [0.15, 0.2) is 0 Å². The van der Waals surface area contributed by atoms with E-state index in [-0.39, 0.29) is 6.10 Å². The van der Waals surface area contributed by atoms with Gasteiger partial charge in [0.1, 0.15) is 6.10 Å². The molecule has 2 aromatic rings. The fourth-order valence-electron chi connectivity index (χ4n) is 1.67. The summed E-state index contributed by atoms with van der Waals surface area (Å²) in [7, 11) is 0. The lowest BCUT2D eigenvalue weighted by Gasteiger charge is -2.14. The van der Waals surface area contributed by atoms with Gasteiger partial charge in [-0.05, 0) is 31.5 Å². The Bertz CT molecular complexity index is 496. The lowest BCUT2D eigenvalue weighted by atomic mass is 10.1. The minimum Gasteiger partial charge on any atom is -0.386 e. The summed E-state index contributed by atoms with van der Waals surface area (Å²) in [4.78, 5) is 4.27. The monoisotopic (exact) mass is 231 g/mol. The maximum Gasteiger partial charge on any atom is 0.102 e. The zero-order valence-electron chi connectivity index (χ0n) is 10.1. The van der Waals surface area contributed by atoms with Gasteiger partial charge < -0.3 is 9.84 Å². The van der Waals surface area contributed by atoms with E-state index in [2.05, 4.69) is 4.98 Å². The summed E-state index contributed by atoms with van der Waals surface area (Å²) in [6, 6.07) is 9.70. The number of aliphatic hydroxyl groups is 1. The Morgan fingerprint density at radius 3 is 2.88 bits per heavy atom. The van der Waals surface area contributed by atoms with Gasteiger partial charge in [-0.3, -0.25) is 4.98 Å². The van der Waals surface area contributed by atoms with E-state index in [0.29, 0.717) is 6.61 Å². The topological polar surface area (TPSA) is 42.4 Å². The molecule has 3 nitrogen and oxygen atoms in total. The van der Waals surface area contributed by atoms with Crippen molar-refractivity contribution in [3.63, 3.8) is 0 Å². The molecule has 0 aliphatic carbocycles. The quantitative estimate of drug-likeness (QED) is 0.879. The van der Waals surface area contributed by atoms with Crippen molar-refractivity contribution in [2.24, 2.45) is 0 Å². The molecule has 0 saturated heterocycles. The van der Waals surface area contributed by atoms with Crippen molar-refractivity contribution in [1.29, 1.82) is 0 Å². The lowest BCUT2D eigenvalue weighted by molar-refractivity contribution is 0.00497. The summed E-state index contributed by atoms with van der Waals surface area (Å²) in [6.45, 7) is 4.22. The summed E-state index contributed by atoms with van der Waals surface area (Å²) in [5.41, 5.74) is 1.74. The number of rotatable bonds is 4. The second-order valence-corrected chi connectivity index (χ2v) is 4.35. The Kier molecular flexibility index (Phi) is 3.71. The largest absolute Gasteiger partial charge is 0.386 e. The number of benzene rings is 1. The van der Waals surface area contributed by atoms with Crippen molar-refractivity contribution in [3.05, 3.63) is 42.1 Å². The highest BCUT2D eigenvalue weighted by atomic mass is 16.5. The smallest absolute Gasteiger partial charge is 0.102 e. The second-order valence-electron chi connectivity index (χ2n) is 4.35. The van der Waals surface area contributed by atoms with Crippen LogP contribution in [0.3, 0.4) is 0 Å². The summed E-state index contributed by atoms with van der Waals surface area (Å²) in [6.07, 6.45) is 1.29. The molecule has 90 valence electrons. The molecule has 1 heterocycles. The van der Waals surface area contributed by atoms with Crippen molar-refractivity contribution < 1.29 is 9.84 Å². The summed E-state index contributed by atoms with van der Waals surface area (Å²) in [5.74, 6) is 0. The zero-order chi connectivity index (χ0) is 12.3. The molecule has 0 spiro atoms. The van der Waals surface area contributed by atoms with Crippen LogP contribution in [0.4, 0.5) is 0 Å². The minimum absolute atomic E-state index is 0.128. The van der Waals surface area contributed by atoms with Crippen molar-refractivity contribution in [3.8, 4) is 0 Å². The maximum absolute atomic E-state index is 9.98. The highest BCUT2D eigenvalue weighted by Gasteiger charge is 2.09. The first kappa shape index (κ1) is 12.0. The van der Waals surface area contributed by atoms with Gasteiger partial charge in [-0.15, -0.1) is 0 Å². The number of hydrogen-bond donors (Lipinski definition) is 1. The van der Waals surface area contributed by atoms with Gasteiger partial charge in [-0.25, -0.2) is 0 Å². The number of pyridine rings is 1. The first-order valence-corrected chi connectivity index (χ1v) is 5.81. The number of fused-ring (bicyclic) bond motifs is 1. The third-order valence-electron chi connectivity index (χ3n) is 2.60. The highest BCUT2D eigenvalue weighted by Crippen LogP contribution is 2.19. The Balaban J connectivity index is 2.18. The van der Waals surface area contributed by atoms with Gasteiger partial charge in [0.05, 0.1) is 18.2 Å². The molecule has 0 aliphatic heterocycles. The summed E-state index contributed by atoms with van der Waals surface area (Å²) in [5, 5.41) is 11.1. The maximum atomic E-state index is 9.98. The molecule has 1 unspecified atom stereocenters. The zero-order valence-corrected chi connectivity index (χ0v) is 10.1. The van der Waals surface area contributed by atoms with E-state index in [4.69, 9.17) is 4.74 Å². The van der Waals surface area contributed by atoms with Crippen molar-refractivity contribution in [2.45, 2.75) is 26.1 Å². The third kappa shape index (κ3) is 3.02. The third-order valence-corrected chi connectivity index (χ3v) is 2.60. The van der Waals surface area contributed by atoms with E-state index >= 15 is 0 Å². The Morgan fingerprint density at radius 1 is 1.29 bits per heavy atom. The Morgan fingerprint density at radius 2 is 2.12 bits per heavy atom. The van der Waals surface area contributed by atoms with E-state index < -0.39 is 6.10 Å². The van der Waals surface area contributed by atoms with Gasteiger partial charge in [0, 0.05) is 11.6 Å². The molecule has 17 heavy (non-hydrogen) atoms.